The van der Waals surface area contributed by atoms with E-state index in [4.69, 9.17) is 10.00 Å². The third-order valence-corrected chi connectivity index (χ3v) is 4.34. The summed E-state index contributed by atoms with van der Waals surface area (Å²) in [7, 11) is -3.88. The van der Waals surface area contributed by atoms with E-state index in [1.165, 1.54) is 36.4 Å². The van der Waals surface area contributed by atoms with Crippen LogP contribution in [0.3, 0.4) is 0 Å². The highest BCUT2D eigenvalue weighted by molar-refractivity contribution is 7.92. The maximum atomic E-state index is 12.4. The van der Waals surface area contributed by atoms with Crippen molar-refractivity contribution in [2.45, 2.75) is 11.8 Å². The predicted octanol–water partition coefficient (Wildman–Crippen LogP) is 2.54. The summed E-state index contributed by atoms with van der Waals surface area (Å²) < 4.78 is 32.1. The molecule has 0 spiro atoms. The Labute approximate surface area is 134 Å². The summed E-state index contributed by atoms with van der Waals surface area (Å²) in [5.41, 5.74) is 0.623. The van der Waals surface area contributed by atoms with Crippen molar-refractivity contribution in [3.05, 3.63) is 59.7 Å². The molecule has 2 aromatic rings. The summed E-state index contributed by atoms with van der Waals surface area (Å²) in [6.07, 6.45) is 0. The summed E-state index contributed by atoms with van der Waals surface area (Å²) in [5.74, 6) is -0.606. The second-order valence-electron chi connectivity index (χ2n) is 4.51. The summed E-state index contributed by atoms with van der Waals surface area (Å²) in [4.78, 5) is 11.9. The SMILES string of the molecule is CCOC(=O)c1ccccc1NS(=O)(=O)c1ccc(C#N)cc1. The van der Waals surface area contributed by atoms with Crippen LogP contribution in [-0.2, 0) is 14.8 Å². The van der Waals surface area contributed by atoms with Crippen molar-refractivity contribution in [2.75, 3.05) is 11.3 Å². The minimum absolute atomic E-state index is 0.00448. The van der Waals surface area contributed by atoms with Gasteiger partial charge in [0.05, 0.1) is 34.4 Å². The highest BCUT2D eigenvalue weighted by Gasteiger charge is 2.19. The standard InChI is InChI=1S/C16H14N2O4S/c1-2-22-16(19)14-5-3-4-6-15(14)18-23(20,21)13-9-7-12(11-17)8-10-13/h3-10,18H,2H2,1H3. The minimum Gasteiger partial charge on any atom is -0.462 e. The number of esters is 1. The lowest BCUT2D eigenvalue weighted by Crippen LogP contribution is -2.16. The number of benzene rings is 2. The van der Waals surface area contributed by atoms with Gasteiger partial charge in [0.2, 0.25) is 0 Å². The van der Waals surface area contributed by atoms with E-state index in [1.807, 2.05) is 6.07 Å². The number of para-hydroxylation sites is 1. The molecule has 0 saturated heterocycles. The van der Waals surface area contributed by atoms with Gasteiger partial charge in [-0.15, -0.1) is 0 Å². The second-order valence-corrected chi connectivity index (χ2v) is 6.19. The molecule has 0 aliphatic rings. The number of carbonyl (C=O) groups is 1. The Kier molecular flexibility index (Phi) is 4.98. The van der Waals surface area contributed by atoms with Gasteiger partial charge in [-0.1, -0.05) is 12.1 Å². The predicted molar refractivity (Wildman–Crippen MR) is 84.4 cm³/mol. The molecule has 0 radical (unpaired) electrons. The van der Waals surface area contributed by atoms with E-state index < -0.39 is 16.0 Å². The van der Waals surface area contributed by atoms with Crippen LogP contribution in [-0.4, -0.2) is 21.0 Å². The molecule has 1 N–H and O–H groups in total. The molecule has 0 unspecified atom stereocenters. The molecule has 0 amide bonds. The molecule has 0 fully saturated rings. The quantitative estimate of drug-likeness (QED) is 0.850. The molecule has 0 aliphatic carbocycles. The number of hydrogen-bond acceptors (Lipinski definition) is 5. The first-order chi connectivity index (χ1) is 11.0. The van der Waals surface area contributed by atoms with Gasteiger partial charge < -0.3 is 4.74 Å². The van der Waals surface area contributed by atoms with Crippen molar-refractivity contribution in [2.24, 2.45) is 0 Å². The lowest BCUT2D eigenvalue weighted by molar-refractivity contribution is 0.0527. The third kappa shape index (κ3) is 3.87. The number of hydrogen-bond donors (Lipinski definition) is 1. The first-order valence-electron chi connectivity index (χ1n) is 6.77. The molecule has 6 nitrogen and oxygen atoms in total. The van der Waals surface area contributed by atoms with E-state index in [0.717, 1.165) is 0 Å². The molecule has 0 heterocycles. The van der Waals surface area contributed by atoms with E-state index in [2.05, 4.69) is 4.72 Å². The Morgan fingerprint density at radius 1 is 1.17 bits per heavy atom. The topological polar surface area (TPSA) is 96.3 Å². The smallest absolute Gasteiger partial charge is 0.340 e. The Morgan fingerprint density at radius 3 is 2.43 bits per heavy atom. The molecule has 2 rings (SSSR count). The van der Waals surface area contributed by atoms with Crippen molar-refractivity contribution >= 4 is 21.7 Å². The van der Waals surface area contributed by atoms with E-state index in [-0.39, 0.29) is 22.8 Å². The first-order valence-corrected chi connectivity index (χ1v) is 8.25. The van der Waals surface area contributed by atoms with Crippen molar-refractivity contribution in [3.63, 3.8) is 0 Å². The molecule has 0 bridgehead atoms. The molecule has 0 aromatic heterocycles. The van der Waals surface area contributed by atoms with Gasteiger partial charge in [-0.25, -0.2) is 13.2 Å². The van der Waals surface area contributed by atoms with Gasteiger partial charge in [0, 0.05) is 0 Å². The van der Waals surface area contributed by atoms with Crippen LogP contribution >= 0.6 is 0 Å². The van der Waals surface area contributed by atoms with Crippen LogP contribution in [0.15, 0.2) is 53.4 Å². The maximum Gasteiger partial charge on any atom is 0.340 e. The van der Waals surface area contributed by atoms with E-state index >= 15 is 0 Å². The van der Waals surface area contributed by atoms with Gasteiger partial charge in [-0.3, -0.25) is 4.72 Å². The second kappa shape index (κ2) is 6.94. The molecular weight excluding hydrogens is 316 g/mol. The van der Waals surface area contributed by atoms with Gasteiger partial charge in [0.1, 0.15) is 0 Å². The number of carbonyl (C=O) groups excluding carboxylic acids is 1. The molecule has 118 valence electrons. The molecule has 0 atom stereocenters. The van der Waals surface area contributed by atoms with Crippen LogP contribution < -0.4 is 4.72 Å². The summed E-state index contributed by atoms with van der Waals surface area (Å²) >= 11 is 0. The lowest BCUT2D eigenvalue weighted by atomic mass is 10.2. The van der Waals surface area contributed by atoms with E-state index in [0.29, 0.717) is 5.56 Å². The number of anilines is 1. The Morgan fingerprint density at radius 2 is 1.83 bits per heavy atom. The zero-order chi connectivity index (χ0) is 16.9. The number of nitrogens with zero attached hydrogens (tertiary/aromatic N) is 1. The Bertz CT molecular complexity index is 852. The van der Waals surface area contributed by atoms with Crippen molar-refractivity contribution in [1.29, 1.82) is 5.26 Å². The monoisotopic (exact) mass is 330 g/mol. The third-order valence-electron chi connectivity index (χ3n) is 2.96. The first kappa shape index (κ1) is 16.5. The average Bonchev–Trinajstić information content (AvgIpc) is 2.55. The number of sulfonamides is 1. The molecule has 23 heavy (non-hydrogen) atoms. The van der Waals surface area contributed by atoms with Gasteiger partial charge in [0.15, 0.2) is 0 Å². The van der Waals surface area contributed by atoms with Crippen LogP contribution in [0.2, 0.25) is 0 Å². The van der Waals surface area contributed by atoms with Gasteiger partial charge in [-0.05, 0) is 43.3 Å². The maximum absolute atomic E-state index is 12.4. The summed E-state index contributed by atoms with van der Waals surface area (Å²) in [6.45, 7) is 1.86. The van der Waals surface area contributed by atoms with Crippen molar-refractivity contribution in [3.8, 4) is 6.07 Å². The molecular formula is C16H14N2O4S. The summed E-state index contributed by atoms with van der Waals surface area (Å²) in [5, 5.41) is 8.75. The lowest BCUT2D eigenvalue weighted by Gasteiger charge is -2.12. The Balaban J connectivity index is 2.34. The van der Waals surface area contributed by atoms with Crippen LogP contribution in [0, 0.1) is 11.3 Å². The number of ether oxygens (including phenoxy) is 1. The Hall–Kier alpha value is -2.85. The van der Waals surface area contributed by atoms with Crippen LogP contribution in [0.5, 0.6) is 0 Å². The van der Waals surface area contributed by atoms with E-state index in [9.17, 15) is 13.2 Å². The van der Waals surface area contributed by atoms with Gasteiger partial charge in [0.25, 0.3) is 10.0 Å². The molecule has 0 aliphatic heterocycles. The van der Waals surface area contributed by atoms with Crippen molar-refractivity contribution < 1.29 is 17.9 Å². The zero-order valence-electron chi connectivity index (χ0n) is 12.3. The van der Waals surface area contributed by atoms with Crippen LogP contribution in [0.1, 0.15) is 22.8 Å². The largest absolute Gasteiger partial charge is 0.462 e. The molecule has 0 saturated carbocycles. The van der Waals surface area contributed by atoms with Crippen LogP contribution in [0.25, 0.3) is 0 Å². The average molecular weight is 330 g/mol. The van der Waals surface area contributed by atoms with Gasteiger partial charge >= 0.3 is 5.97 Å². The highest BCUT2D eigenvalue weighted by atomic mass is 32.2. The molecule has 2 aromatic carbocycles. The molecule has 7 heteroatoms. The highest BCUT2D eigenvalue weighted by Crippen LogP contribution is 2.21. The fourth-order valence-corrected chi connectivity index (χ4v) is 2.95. The normalized spacial score (nSPS) is 10.6. The van der Waals surface area contributed by atoms with Crippen molar-refractivity contribution in [1.82, 2.24) is 0 Å². The minimum atomic E-state index is -3.88. The fourth-order valence-electron chi connectivity index (χ4n) is 1.87. The fraction of sp³-hybridized carbons (Fsp3) is 0.125. The number of nitriles is 1. The zero-order valence-corrected chi connectivity index (χ0v) is 13.1. The summed E-state index contributed by atoms with van der Waals surface area (Å²) in [6, 6.07) is 13.6. The number of nitrogens with one attached hydrogen (secondary N) is 1. The van der Waals surface area contributed by atoms with Gasteiger partial charge in [-0.2, -0.15) is 5.26 Å². The van der Waals surface area contributed by atoms with Crippen LogP contribution in [0.4, 0.5) is 5.69 Å². The van der Waals surface area contributed by atoms with E-state index in [1.54, 1.807) is 19.1 Å². The number of rotatable bonds is 5.